The Bertz CT molecular complexity index is 749. The molecule has 2 aromatic rings. The topological polar surface area (TPSA) is 56.8 Å². The van der Waals surface area contributed by atoms with E-state index in [1.165, 1.54) is 0 Å². The van der Waals surface area contributed by atoms with Gasteiger partial charge in [0, 0.05) is 22.8 Å². The van der Waals surface area contributed by atoms with Crippen LogP contribution < -0.4 is 14.8 Å². The van der Waals surface area contributed by atoms with Gasteiger partial charge in [-0.2, -0.15) is 0 Å². The lowest BCUT2D eigenvalue weighted by Crippen LogP contribution is -2.16. The molecule has 1 amide bonds. The van der Waals surface area contributed by atoms with Crippen molar-refractivity contribution in [2.75, 3.05) is 25.6 Å². The largest absolute Gasteiger partial charge is 0.490 e. The van der Waals surface area contributed by atoms with Gasteiger partial charge in [-0.3, -0.25) is 4.79 Å². The first-order valence-corrected chi connectivity index (χ1v) is 9.33. The van der Waals surface area contributed by atoms with Crippen LogP contribution in [0.15, 0.2) is 40.9 Å². The lowest BCUT2D eigenvalue weighted by atomic mass is 10.1. The summed E-state index contributed by atoms with van der Waals surface area (Å²) in [6.07, 6.45) is 0.217. The number of carbonyl (C=O) groups is 1. The number of amides is 1. The molecule has 140 valence electrons. The number of ether oxygens (including phenoxy) is 3. The van der Waals surface area contributed by atoms with Crippen molar-refractivity contribution in [3.8, 4) is 11.5 Å². The number of rotatable bonds is 9. The summed E-state index contributed by atoms with van der Waals surface area (Å²) in [6, 6.07) is 11.3. The second-order valence-corrected chi connectivity index (χ2v) is 6.43. The third kappa shape index (κ3) is 5.47. The van der Waals surface area contributed by atoms with Gasteiger partial charge in [-0.25, -0.2) is 0 Å². The van der Waals surface area contributed by atoms with Crippen LogP contribution in [-0.2, 0) is 22.6 Å². The first-order valence-electron chi connectivity index (χ1n) is 8.53. The molecule has 0 heterocycles. The van der Waals surface area contributed by atoms with Crippen molar-refractivity contribution in [3.63, 3.8) is 0 Å². The van der Waals surface area contributed by atoms with Gasteiger partial charge in [0.15, 0.2) is 11.5 Å². The highest BCUT2D eigenvalue weighted by atomic mass is 79.9. The molecule has 0 saturated heterocycles. The molecule has 0 unspecified atom stereocenters. The summed E-state index contributed by atoms with van der Waals surface area (Å²) in [5.74, 6) is 1.19. The molecule has 0 aliphatic heterocycles. The van der Waals surface area contributed by atoms with Crippen molar-refractivity contribution >= 4 is 27.5 Å². The monoisotopic (exact) mass is 421 g/mol. The van der Waals surface area contributed by atoms with E-state index in [4.69, 9.17) is 14.2 Å². The number of hydrogen-bond donors (Lipinski definition) is 1. The smallest absolute Gasteiger partial charge is 0.228 e. The predicted molar refractivity (Wildman–Crippen MR) is 106 cm³/mol. The number of methoxy groups -OCH3 is 1. The van der Waals surface area contributed by atoms with Crippen LogP contribution in [0.4, 0.5) is 5.69 Å². The first-order chi connectivity index (χ1) is 12.6. The van der Waals surface area contributed by atoms with E-state index in [-0.39, 0.29) is 12.3 Å². The molecule has 2 rings (SSSR count). The summed E-state index contributed by atoms with van der Waals surface area (Å²) < 4.78 is 17.2. The minimum absolute atomic E-state index is 0.110. The van der Waals surface area contributed by atoms with Crippen molar-refractivity contribution in [1.82, 2.24) is 0 Å². The van der Waals surface area contributed by atoms with E-state index in [9.17, 15) is 4.79 Å². The van der Waals surface area contributed by atoms with E-state index in [0.717, 1.165) is 21.3 Å². The number of carbonyl (C=O) groups excluding carboxylic acids is 1. The molecule has 0 fully saturated rings. The third-order valence-electron chi connectivity index (χ3n) is 3.65. The summed E-state index contributed by atoms with van der Waals surface area (Å²) >= 11 is 3.52. The Labute approximate surface area is 162 Å². The van der Waals surface area contributed by atoms with Crippen LogP contribution in [0.3, 0.4) is 0 Å². The second kappa shape index (κ2) is 10.2. The van der Waals surface area contributed by atoms with Crippen LogP contribution >= 0.6 is 15.9 Å². The molecule has 0 aromatic heterocycles. The van der Waals surface area contributed by atoms with Crippen LogP contribution in [0.2, 0.25) is 0 Å². The molecule has 0 saturated carbocycles. The van der Waals surface area contributed by atoms with E-state index in [2.05, 4.69) is 21.2 Å². The summed E-state index contributed by atoms with van der Waals surface area (Å²) in [4.78, 5) is 12.5. The van der Waals surface area contributed by atoms with Crippen LogP contribution in [0.25, 0.3) is 0 Å². The highest BCUT2D eigenvalue weighted by Crippen LogP contribution is 2.34. The Hall–Kier alpha value is -2.05. The van der Waals surface area contributed by atoms with E-state index in [0.29, 0.717) is 31.3 Å². The van der Waals surface area contributed by atoms with Crippen molar-refractivity contribution < 1.29 is 19.0 Å². The zero-order valence-electron chi connectivity index (χ0n) is 15.3. The van der Waals surface area contributed by atoms with Gasteiger partial charge >= 0.3 is 0 Å². The molecule has 0 spiro atoms. The van der Waals surface area contributed by atoms with Gasteiger partial charge in [-0.05, 0) is 37.6 Å². The van der Waals surface area contributed by atoms with Gasteiger partial charge in [-0.1, -0.05) is 34.1 Å². The Morgan fingerprint density at radius 1 is 1.04 bits per heavy atom. The summed E-state index contributed by atoms with van der Waals surface area (Å²) in [7, 11) is 1.63. The lowest BCUT2D eigenvalue weighted by Gasteiger charge is -2.15. The molecular weight excluding hydrogens is 398 g/mol. The Morgan fingerprint density at radius 3 is 2.35 bits per heavy atom. The molecule has 0 radical (unpaired) electrons. The van der Waals surface area contributed by atoms with Gasteiger partial charge in [-0.15, -0.1) is 0 Å². The molecule has 26 heavy (non-hydrogen) atoms. The quantitative estimate of drug-likeness (QED) is 0.643. The predicted octanol–water partition coefficient (Wildman–Crippen LogP) is 4.57. The van der Waals surface area contributed by atoms with Crippen LogP contribution in [-0.4, -0.2) is 26.2 Å². The zero-order valence-corrected chi connectivity index (χ0v) is 16.9. The first kappa shape index (κ1) is 20.3. The normalized spacial score (nSPS) is 10.5. The van der Waals surface area contributed by atoms with E-state index < -0.39 is 0 Å². The number of para-hydroxylation sites is 1. The fourth-order valence-electron chi connectivity index (χ4n) is 2.54. The molecule has 5 nitrogen and oxygen atoms in total. The molecule has 0 aliphatic rings. The molecular formula is C20H24BrNO4. The maximum atomic E-state index is 12.5. The number of anilines is 1. The highest BCUT2D eigenvalue weighted by molar-refractivity contribution is 9.10. The Kier molecular flexibility index (Phi) is 7.94. The number of halogens is 1. The molecule has 6 heteroatoms. The fraction of sp³-hybridized carbons (Fsp3) is 0.350. The Morgan fingerprint density at radius 2 is 1.69 bits per heavy atom. The van der Waals surface area contributed by atoms with Crippen LogP contribution in [0, 0.1) is 0 Å². The summed E-state index contributed by atoms with van der Waals surface area (Å²) in [5.41, 5.74) is 2.52. The minimum atomic E-state index is -0.110. The number of benzene rings is 2. The zero-order chi connectivity index (χ0) is 18.9. The van der Waals surface area contributed by atoms with Gasteiger partial charge in [0.25, 0.3) is 0 Å². The lowest BCUT2D eigenvalue weighted by molar-refractivity contribution is -0.115. The molecule has 0 atom stereocenters. The van der Waals surface area contributed by atoms with Crippen molar-refractivity contribution in [2.45, 2.75) is 26.9 Å². The molecule has 2 aromatic carbocycles. The van der Waals surface area contributed by atoms with E-state index in [1.807, 2.05) is 50.2 Å². The van der Waals surface area contributed by atoms with Gasteiger partial charge in [0.1, 0.15) is 0 Å². The SMILES string of the molecule is CCOc1cc(Br)c(CC(=O)Nc2ccccc2COC)cc1OCC. The van der Waals surface area contributed by atoms with Crippen LogP contribution in [0.1, 0.15) is 25.0 Å². The van der Waals surface area contributed by atoms with Crippen molar-refractivity contribution in [3.05, 3.63) is 52.0 Å². The summed E-state index contributed by atoms with van der Waals surface area (Å²) in [6.45, 7) is 5.34. The molecule has 1 N–H and O–H groups in total. The standard InChI is InChI=1S/C20H24BrNO4/c1-4-25-18-10-15(16(21)12-19(18)26-5-2)11-20(23)22-17-9-7-6-8-14(17)13-24-3/h6-10,12H,4-5,11,13H2,1-3H3,(H,22,23). The molecule has 0 bridgehead atoms. The van der Waals surface area contributed by atoms with E-state index >= 15 is 0 Å². The fourth-order valence-corrected chi connectivity index (χ4v) is 3.00. The second-order valence-electron chi connectivity index (χ2n) is 5.57. The molecule has 0 aliphatic carbocycles. The van der Waals surface area contributed by atoms with Gasteiger partial charge < -0.3 is 19.5 Å². The van der Waals surface area contributed by atoms with Crippen molar-refractivity contribution in [2.24, 2.45) is 0 Å². The number of nitrogens with one attached hydrogen (secondary N) is 1. The van der Waals surface area contributed by atoms with Crippen molar-refractivity contribution in [1.29, 1.82) is 0 Å². The van der Waals surface area contributed by atoms with Gasteiger partial charge in [0.05, 0.1) is 26.2 Å². The summed E-state index contributed by atoms with van der Waals surface area (Å²) in [5, 5.41) is 2.95. The van der Waals surface area contributed by atoms with Gasteiger partial charge in [0.2, 0.25) is 5.91 Å². The maximum Gasteiger partial charge on any atom is 0.228 e. The highest BCUT2D eigenvalue weighted by Gasteiger charge is 2.14. The average Bonchev–Trinajstić information content (AvgIpc) is 2.61. The van der Waals surface area contributed by atoms with E-state index in [1.54, 1.807) is 7.11 Å². The third-order valence-corrected chi connectivity index (χ3v) is 4.39. The average molecular weight is 422 g/mol. The minimum Gasteiger partial charge on any atom is -0.490 e. The van der Waals surface area contributed by atoms with Crippen LogP contribution in [0.5, 0.6) is 11.5 Å². The maximum absolute atomic E-state index is 12.5. The number of hydrogen-bond acceptors (Lipinski definition) is 4. The Balaban J connectivity index is 2.17.